The Labute approximate surface area is 40.9 Å². The van der Waals surface area contributed by atoms with Crippen molar-refractivity contribution in [2.24, 2.45) is 0 Å². The number of nitrogens with zero attached hydrogens (tertiary/aromatic N) is 1. The van der Waals surface area contributed by atoms with Crippen LogP contribution >= 0.6 is 0 Å². The third-order valence-electron chi connectivity index (χ3n) is 0.580. The van der Waals surface area contributed by atoms with Crippen LogP contribution < -0.4 is 4.74 Å². The van der Waals surface area contributed by atoms with Crippen LogP contribution in [0.2, 0.25) is 0 Å². The van der Waals surface area contributed by atoms with Crippen LogP contribution in [0.15, 0.2) is 10.6 Å². The highest BCUT2D eigenvalue weighted by atomic mass is 16.5. The summed E-state index contributed by atoms with van der Waals surface area (Å²) in [5, 5.41) is 3.38. The summed E-state index contributed by atoms with van der Waals surface area (Å²) in [6, 6.07) is 1.51. The van der Waals surface area contributed by atoms with Crippen LogP contribution in [0.5, 0.6) is 5.88 Å². The van der Waals surface area contributed by atoms with Crippen LogP contribution in [-0.4, -0.2) is 12.3 Å². The molecule has 1 rings (SSSR count). The maximum absolute atomic E-state index is 4.62. The molecule has 0 aliphatic rings. The Morgan fingerprint density at radius 1 is 2.00 bits per heavy atom. The Morgan fingerprint density at radius 2 is 2.86 bits per heavy atom. The Bertz CT molecular complexity index is 124. The molecule has 1 aromatic rings. The first kappa shape index (κ1) is 4.18. The molecule has 0 amide bonds. The minimum Gasteiger partial charge on any atom is -0.479 e. The molecular formula is C4H4NO2. The third kappa shape index (κ3) is 0.707. The van der Waals surface area contributed by atoms with E-state index in [0.29, 0.717) is 5.88 Å². The van der Waals surface area contributed by atoms with E-state index in [2.05, 4.69) is 20.7 Å². The molecule has 0 atom stereocenters. The minimum absolute atomic E-state index is 0.458. The summed E-state index contributed by atoms with van der Waals surface area (Å²) in [6.07, 6.45) is 2.37. The predicted octanol–water partition coefficient (Wildman–Crippen LogP) is 0.483. The zero-order valence-corrected chi connectivity index (χ0v) is 3.84. The van der Waals surface area contributed by atoms with Crippen LogP contribution in [0.4, 0.5) is 0 Å². The van der Waals surface area contributed by atoms with E-state index >= 15 is 0 Å². The highest BCUT2D eigenvalue weighted by Crippen LogP contribution is 2.00. The lowest BCUT2D eigenvalue weighted by atomic mass is 10.7. The fraction of sp³-hybridized carbons (Fsp3) is 0.250. The summed E-state index contributed by atoms with van der Waals surface area (Å²) in [5.41, 5.74) is 0. The largest absolute Gasteiger partial charge is 0.479 e. The second kappa shape index (κ2) is 1.64. The topological polar surface area (TPSA) is 35.3 Å². The quantitative estimate of drug-likeness (QED) is 0.512. The first-order valence-corrected chi connectivity index (χ1v) is 1.80. The molecule has 0 saturated carbocycles. The number of hydrogen-bond donors (Lipinski definition) is 0. The number of ether oxygens (including phenoxy) is 1. The van der Waals surface area contributed by atoms with Gasteiger partial charge in [0.25, 0.3) is 5.88 Å². The normalized spacial score (nSPS) is 8.71. The highest BCUT2D eigenvalue weighted by Gasteiger charge is 1.88. The fourth-order valence-electron chi connectivity index (χ4n) is 0.271. The summed E-state index contributed by atoms with van der Waals surface area (Å²) in [5.74, 6) is 0.458. The van der Waals surface area contributed by atoms with Crippen molar-refractivity contribution < 1.29 is 9.26 Å². The van der Waals surface area contributed by atoms with Gasteiger partial charge in [0.1, 0.15) is 0 Å². The molecule has 37 valence electrons. The summed E-state index contributed by atoms with van der Waals surface area (Å²) in [4.78, 5) is 0. The van der Waals surface area contributed by atoms with E-state index in [1.165, 1.54) is 13.2 Å². The lowest BCUT2D eigenvalue weighted by Crippen LogP contribution is -1.78. The maximum atomic E-state index is 4.62. The molecule has 3 nitrogen and oxygen atoms in total. The third-order valence-corrected chi connectivity index (χ3v) is 0.580. The van der Waals surface area contributed by atoms with Crippen molar-refractivity contribution in [1.29, 1.82) is 0 Å². The SMILES string of the molecule is COc1c[c]on1. The highest BCUT2D eigenvalue weighted by molar-refractivity contribution is 4.99. The molecule has 7 heavy (non-hydrogen) atoms. The van der Waals surface area contributed by atoms with Crippen molar-refractivity contribution in [1.82, 2.24) is 5.16 Å². The van der Waals surface area contributed by atoms with Crippen LogP contribution in [0.1, 0.15) is 0 Å². The first-order chi connectivity index (χ1) is 3.43. The Balaban J connectivity index is 2.76. The van der Waals surface area contributed by atoms with Gasteiger partial charge in [0, 0.05) is 0 Å². The van der Waals surface area contributed by atoms with E-state index in [9.17, 15) is 0 Å². The molecule has 0 saturated heterocycles. The van der Waals surface area contributed by atoms with Crippen LogP contribution in [0.25, 0.3) is 0 Å². The number of hydrogen-bond acceptors (Lipinski definition) is 3. The zero-order valence-electron chi connectivity index (χ0n) is 3.84. The van der Waals surface area contributed by atoms with Gasteiger partial charge < -0.3 is 9.26 Å². The van der Waals surface area contributed by atoms with Crippen LogP contribution in [0, 0.1) is 6.26 Å². The van der Waals surface area contributed by atoms with Crippen molar-refractivity contribution in [2.45, 2.75) is 0 Å². The van der Waals surface area contributed by atoms with Crippen LogP contribution in [0.3, 0.4) is 0 Å². The van der Waals surface area contributed by atoms with Gasteiger partial charge in [-0.3, -0.25) is 0 Å². The Morgan fingerprint density at radius 3 is 3.14 bits per heavy atom. The van der Waals surface area contributed by atoms with E-state index in [0.717, 1.165) is 0 Å². The van der Waals surface area contributed by atoms with E-state index < -0.39 is 0 Å². The first-order valence-electron chi connectivity index (χ1n) is 1.80. The molecule has 3 heteroatoms. The Hall–Kier alpha value is -0.990. The maximum Gasteiger partial charge on any atom is 0.254 e. The van der Waals surface area contributed by atoms with Crippen LogP contribution in [-0.2, 0) is 0 Å². The summed E-state index contributed by atoms with van der Waals surface area (Å²) in [7, 11) is 1.52. The van der Waals surface area contributed by atoms with Gasteiger partial charge >= 0.3 is 0 Å². The second-order valence-electron chi connectivity index (χ2n) is 0.987. The summed E-state index contributed by atoms with van der Waals surface area (Å²) in [6.45, 7) is 0. The molecule has 0 aliphatic heterocycles. The van der Waals surface area contributed by atoms with E-state index in [1.807, 2.05) is 0 Å². The van der Waals surface area contributed by atoms with Crippen molar-refractivity contribution in [3.63, 3.8) is 0 Å². The molecule has 1 radical (unpaired) electrons. The van der Waals surface area contributed by atoms with Crippen molar-refractivity contribution in [3.8, 4) is 5.88 Å². The van der Waals surface area contributed by atoms with Crippen molar-refractivity contribution >= 4 is 0 Å². The monoisotopic (exact) mass is 98.0 g/mol. The number of aromatic nitrogens is 1. The molecule has 1 heterocycles. The summed E-state index contributed by atoms with van der Waals surface area (Å²) < 4.78 is 8.92. The van der Waals surface area contributed by atoms with Gasteiger partial charge in [-0.05, 0) is 5.16 Å². The van der Waals surface area contributed by atoms with Gasteiger partial charge in [0.15, 0.2) is 0 Å². The smallest absolute Gasteiger partial charge is 0.254 e. The van der Waals surface area contributed by atoms with E-state index in [1.54, 1.807) is 0 Å². The fourth-order valence-corrected chi connectivity index (χ4v) is 0.271. The lowest BCUT2D eigenvalue weighted by molar-refractivity contribution is 0.336. The van der Waals surface area contributed by atoms with E-state index in [-0.39, 0.29) is 0 Å². The zero-order chi connectivity index (χ0) is 5.11. The van der Waals surface area contributed by atoms with Crippen molar-refractivity contribution in [3.05, 3.63) is 12.3 Å². The number of methoxy groups -OCH3 is 1. The predicted molar refractivity (Wildman–Crippen MR) is 21.9 cm³/mol. The average molecular weight is 98.1 g/mol. The molecule has 0 bridgehead atoms. The van der Waals surface area contributed by atoms with E-state index in [4.69, 9.17) is 0 Å². The molecule has 0 N–H and O–H groups in total. The molecule has 0 fully saturated rings. The molecule has 0 aliphatic carbocycles. The minimum atomic E-state index is 0.458. The summed E-state index contributed by atoms with van der Waals surface area (Å²) >= 11 is 0. The van der Waals surface area contributed by atoms with Gasteiger partial charge in [-0.2, -0.15) is 0 Å². The average Bonchev–Trinajstić information content (AvgIpc) is 2.14. The van der Waals surface area contributed by atoms with Gasteiger partial charge in [-0.15, -0.1) is 0 Å². The van der Waals surface area contributed by atoms with Gasteiger partial charge in [0.2, 0.25) is 6.26 Å². The van der Waals surface area contributed by atoms with Gasteiger partial charge in [-0.25, -0.2) is 0 Å². The molecule has 0 unspecified atom stereocenters. The molecule has 0 spiro atoms. The van der Waals surface area contributed by atoms with Gasteiger partial charge in [-0.1, -0.05) is 0 Å². The van der Waals surface area contributed by atoms with Gasteiger partial charge in [0.05, 0.1) is 13.2 Å². The second-order valence-corrected chi connectivity index (χ2v) is 0.987. The van der Waals surface area contributed by atoms with Crippen molar-refractivity contribution in [2.75, 3.05) is 7.11 Å². The number of rotatable bonds is 1. The molecule has 1 aromatic heterocycles. The molecular weight excluding hydrogens is 94.0 g/mol. The molecule has 0 aromatic carbocycles. The Kier molecular flexibility index (Phi) is 0.978. The standard InChI is InChI=1S/C4H4NO2/c1-6-4-2-3-7-5-4/h2H,1H3. The lowest BCUT2D eigenvalue weighted by Gasteiger charge is -1.82.